The van der Waals surface area contributed by atoms with Crippen molar-refractivity contribution in [1.82, 2.24) is 9.78 Å². The van der Waals surface area contributed by atoms with E-state index in [4.69, 9.17) is 5.11 Å². The van der Waals surface area contributed by atoms with Gasteiger partial charge in [-0.25, -0.2) is 4.79 Å². The van der Waals surface area contributed by atoms with Crippen LogP contribution in [0.3, 0.4) is 0 Å². The normalized spacial score (nSPS) is 10.6. The summed E-state index contributed by atoms with van der Waals surface area (Å²) in [4.78, 5) is 10.9. The van der Waals surface area contributed by atoms with Gasteiger partial charge in [0, 0.05) is 12.6 Å². The van der Waals surface area contributed by atoms with Gasteiger partial charge in [-0.15, -0.1) is 0 Å². The first kappa shape index (κ1) is 12.2. The van der Waals surface area contributed by atoms with E-state index < -0.39 is 5.97 Å². The van der Waals surface area contributed by atoms with Gasteiger partial charge in [0.25, 0.3) is 0 Å². The predicted octanol–water partition coefficient (Wildman–Crippen LogP) is 2.11. The fourth-order valence-corrected chi connectivity index (χ4v) is 2.08. The highest BCUT2D eigenvalue weighted by Gasteiger charge is 2.17. The van der Waals surface area contributed by atoms with Crippen LogP contribution in [0.5, 0.6) is 5.75 Å². The van der Waals surface area contributed by atoms with E-state index in [1.807, 2.05) is 19.9 Å². The van der Waals surface area contributed by atoms with E-state index in [0.29, 0.717) is 11.3 Å². The highest BCUT2D eigenvalue weighted by Crippen LogP contribution is 2.33. The summed E-state index contributed by atoms with van der Waals surface area (Å²) in [7, 11) is 1.65. The quantitative estimate of drug-likeness (QED) is 0.851. The number of aromatic carboxylic acids is 1. The second-order valence-corrected chi connectivity index (χ2v) is 4.32. The van der Waals surface area contributed by atoms with Crippen molar-refractivity contribution in [2.24, 2.45) is 7.05 Å². The first-order valence-electron chi connectivity index (χ1n) is 5.48. The minimum absolute atomic E-state index is 0.0353. The van der Waals surface area contributed by atoms with Crippen molar-refractivity contribution >= 4 is 5.97 Å². The number of hydrogen-bond donors (Lipinski definition) is 2. The first-order chi connectivity index (χ1) is 8.40. The molecule has 5 nitrogen and oxygen atoms in total. The second-order valence-electron chi connectivity index (χ2n) is 4.32. The Morgan fingerprint density at radius 2 is 1.94 bits per heavy atom. The Morgan fingerprint density at radius 1 is 1.28 bits per heavy atom. The van der Waals surface area contributed by atoms with Gasteiger partial charge < -0.3 is 10.2 Å². The Kier molecular flexibility index (Phi) is 2.82. The SMILES string of the molecule is Cc1cc(C)c(-c2cc(C(=O)O)nn2C)c(O)c1. The number of hydrogen-bond acceptors (Lipinski definition) is 3. The maximum Gasteiger partial charge on any atom is 0.356 e. The van der Waals surface area contributed by atoms with Crippen LogP contribution in [0.1, 0.15) is 21.6 Å². The molecule has 0 bridgehead atoms. The summed E-state index contributed by atoms with van der Waals surface area (Å²) in [6.07, 6.45) is 0. The second kappa shape index (κ2) is 4.18. The lowest BCUT2D eigenvalue weighted by Crippen LogP contribution is -1.99. The van der Waals surface area contributed by atoms with Crippen molar-refractivity contribution in [2.75, 3.05) is 0 Å². The molecule has 5 heteroatoms. The Labute approximate surface area is 104 Å². The molecule has 0 saturated heterocycles. The summed E-state index contributed by atoms with van der Waals surface area (Å²) in [6, 6.07) is 5.04. The summed E-state index contributed by atoms with van der Waals surface area (Å²) in [5.74, 6) is -0.950. The lowest BCUT2D eigenvalue weighted by Gasteiger charge is -2.09. The summed E-state index contributed by atoms with van der Waals surface area (Å²) in [6.45, 7) is 3.76. The molecule has 0 saturated carbocycles. The van der Waals surface area contributed by atoms with Gasteiger partial charge in [0.15, 0.2) is 5.69 Å². The molecule has 1 aromatic carbocycles. The van der Waals surface area contributed by atoms with Crippen LogP contribution in [0.4, 0.5) is 0 Å². The fourth-order valence-electron chi connectivity index (χ4n) is 2.08. The molecule has 94 valence electrons. The monoisotopic (exact) mass is 246 g/mol. The number of aromatic hydroxyl groups is 1. The van der Waals surface area contributed by atoms with Gasteiger partial charge in [-0.2, -0.15) is 5.10 Å². The number of nitrogens with zero attached hydrogens (tertiary/aromatic N) is 2. The molecule has 0 fully saturated rings. The van der Waals surface area contributed by atoms with E-state index >= 15 is 0 Å². The number of phenolic OH excluding ortho intramolecular Hbond substituents is 1. The third-order valence-corrected chi connectivity index (χ3v) is 2.81. The average Bonchev–Trinajstić information content (AvgIpc) is 2.59. The predicted molar refractivity (Wildman–Crippen MR) is 66.7 cm³/mol. The maximum atomic E-state index is 10.9. The number of carbonyl (C=O) groups is 1. The maximum absolute atomic E-state index is 10.9. The van der Waals surface area contributed by atoms with Crippen LogP contribution >= 0.6 is 0 Å². The number of rotatable bonds is 2. The largest absolute Gasteiger partial charge is 0.507 e. The zero-order valence-electron chi connectivity index (χ0n) is 10.4. The summed E-state index contributed by atoms with van der Waals surface area (Å²) in [5, 5.41) is 22.8. The minimum atomic E-state index is -1.08. The van der Waals surface area contributed by atoms with Crippen molar-refractivity contribution in [3.63, 3.8) is 0 Å². The fraction of sp³-hybridized carbons (Fsp3) is 0.231. The molecular weight excluding hydrogens is 232 g/mol. The molecule has 0 atom stereocenters. The molecule has 0 aliphatic carbocycles. The number of carboxylic acid groups (broad SMARTS) is 1. The van der Waals surface area contributed by atoms with Crippen LogP contribution in [-0.2, 0) is 7.05 Å². The number of carboxylic acids is 1. The molecule has 2 aromatic rings. The Hall–Kier alpha value is -2.30. The van der Waals surface area contributed by atoms with E-state index in [0.717, 1.165) is 11.1 Å². The number of aromatic nitrogens is 2. The highest BCUT2D eigenvalue weighted by atomic mass is 16.4. The summed E-state index contributed by atoms with van der Waals surface area (Å²) < 4.78 is 1.46. The lowest BCUT2D eigenvalue weighted by molar-refractivity contribution is 0.0689. The highest BCUT2D eigenvalue weighted by molar-refractivity contribution is 5.87. The van der Waals surface area contributed by atoms with Gasteiger partial charge in [-0.05, 0) is 37.1 Å². The van der Waals surface area contributed by atoms with Gasteiger partial charge in [-0.3, -0.25) is 4.68 Å². The van der Waals surface area contributed by atoms with Gasteiger partial charge in [0.05, 0.1) is 5.69 Å². The van der Waals surface area contributed by atoms with Crippen molar-refractivity contribution in [3.8, 4) is 17.0 Å². The molecular formula is C13H14N2O3. The number of aryl methyl sites for hydroxylation is 3. The topological polar surface area (TPSA) is 75.3 Å². The van der Waals surface area contributed by atoms with Gasteiger partial charge in [0.2, 0.25) is 0 Å². The van der Waals surface area contributed by atoms with Crippen LogP contribution in [0.25, 0.3) is 11.3 Å². The third kappa shape index (κ3) is 1.95. The van der Waals surface area contributed by atoms with Crippen molar-refractivity contribution < 1.29 is 15.0 Å². The Balaban J connectivity index is 2.66. The standard InChI is InChI=1S/C13H14N2O3/c1-7-4-8(2)12(11(16)5-7)10-6-9(13(17)18)14-15(10)3/h4-6,16H,1-3H3,(H,17,18). The number of phenols is 1. The van der Waals surface area contributed by atoms with Crippen LogP contribution < -0.4 is 0 Å². The van der Waals surface area contributed by atoms with Gasteiger partial charge in [0.1, 0.15) is 5.75 Å². The molecule has 1 aromatic heterocycles. The van der Waals surface area contributed by atoms with Gasteiger partial charge >= 0.3 is 5.97 Å². The van der Waals surface area contributed by atoms with E-state index in [1.165, 1.54) is 10.7 Å². The van der Waals surface area contributed by atoms with Crippen molar-refractivity contribution in [2.45, 2.75) is 13.8 Å². The van der Waals surface area contributed by atoms with Crippen molar-refractivity contribution in [1.29, 1.82) is 0 Å². The van der Waals surface area contributed by atoms with Crippen LogP contribution in [0.2, 0.25) is 0 Å². The first-order valence-corrected chi connectivity index (χ1v) is 5.48. The van der Waals surface area contributed by atoms with E-state index in [2.05, 4.69) is 5.10 Å². The lowest BCUT2D eigenvalue weighted by atomic mass is 10.0. The van der Waals surface area contributed by atoms with Gasteiger partial charge in [-0.1, -0.05) is 6.07 Å². The summed E-state index contributed by atoms with van der Waals surface area (Å²) >= 11 is 0. The van der Waals surface area contributed by atoms with Crippen LogP contribution in [-0.4, -0.2) is 26.0 Å². The Morgan fingerprint density at radius 3 is 2.44 bits per heavy atom. The van der Waals surface area contributed by atoms with E-state index in [9.17, 15) is 9.90 Å². The molecule has 2 rings (SSSR count). The molecule has 0 unspecified atom stereocenters. The molecule has 1 heterocycles. The molecule has 0 aliphatic heterocycles. The summed E-state index contributed by atoms with van der Waals surface area (Å²) in [5.41, 5.74) is 3.00. The third-order valence-electron chi connectivity index (χ3n) is 2.81. The zero-order valence-corrected chi connectivity index (χ0v) is 10.4. The molecule has 0 aliphatic rings. The zero-order chi connectivity index (χ0) is 13.4. The molecule has 2 N–H and O–H groups in total. The smallest absolute Gasteiger partial charge is 0.356 e. The molecule has 0 amide bonds. The molecule has 0 radical (unpaired) electrons. The Bertz CT molecular complexity index is 606. The minimum Gasteiger partial charge on any atom is -0.507 e. The molecule has 0 spiro atoms. The van der Waals surface area contributed by atoms with E-state index in [1.54, 1.807) is 13.1 Å². The van der Waals surface area contributed by atoms with Crippen molar-refractivity contribution in [3.05, 3.63) is 35.0 Å². The van der Waals surface area contributed by atoms with E-state index in [-0.39, 0.29) is 11.4 Å². The average molecular weight is 246 g/mol. The van der Waals surface area contributed by atoms with Crippen LogP contribution in [0, 0.1) is 13.8 Å². The van der Waals surface area contributed by atoms with Crippen LogP contribution in [0.15, 0.2) is 18.2 Å². The molecule has 18 heavy (non-hydrogen) atoms. The number of benzene rings is 1.